The van der Waals surface area contributed by atoms with E-state index in [1.165, 1.54) is 0 Å². The summed E-state index contributed by atoms with van der Waals surface area (Å²) in [5.41, 5.74) is 7.91. The molecule has 16 heavy (non-hydrogen) atoms. The molecular weight excluding hydrogens is 204 g/mol. The molecule has 1 aromatic rings. The third-order valence-corrected chi connectivity index (χ3v) is 2.36. The zero-order chi connectivity index (χ0) is 12.3. The standard InChI is InChI=1S/C11H16N4O/c1-5-7(2)13-10(16)6-15-9(4)11(12)8(3)14-15/h1,7H,6,12H2,2-4H3,(H,13,16). The second kappa shape index (κ2) is 4.71. The predicted octanol–water partition coefficient (Wildman–Crippen LogP) is 0.220. The van der Waals surface area contributed by atoms with Crippen LogP contribution in [-0.4, -0.2) is 21.7 Å². The summed E-state index contributed by atoms with van der Waals surface area (Å²) in [6.45, 7) is 5.51. The molecule has 0 spiro atoms. The first-order chi connectivity index (χ1) is 7.45. The number of nitrogens with two attached hydrogens (primary N) is 1. The van der Waals surface area contributed by atoms with Crippen LogP contribution >= 0.6 is 0 Å². The monoisotopic (exact) mass is 220 g/mol. The molecule has 1 atom stereocenters. The molecule has 0 aliphatic heterocycles. The van der Waals surface area contributed by atoms with Crippen molar-refractivity contribution in [2.75, 3.05) is 5.73 Å². The van der Waals surface area contributed by atoms with Crippen molar-refractivity contribution >= 4 is 11.6 Å². The molecular formula is C11H16N4O. The predicted molar refractivity (Wildman–Crippen MR) is 62.6 cm³/mol. The van der Waals surface area contributed by atoms with Gasteiger partial charge in [0.1, 0.15) is 6.54 Å². The number of anilines is 1. The van der Waals surface area contributed by atoms with Crippen LogP contribution in [0.15, 0.2) is 0 Å². The number of carbonyl (C=O) groups excluding carboxylic acids is 1. The Hall–Kier alpha value is -1.96. The van der Waals surface area contributed by atoms with E-state index in [4.69, 9.17) is 12.2 Å². The molecule has 0 saturated heterocycles. The van der Waals surface area contributed by atoms with Gasteiger partial charge in [-0.25, -0.2) is 0 Å². The molecule has 0 fully saturated rings. The minimum Gasteiger partial charge on any atom is -0.396 e. The highest BCUT2D eigenvalue weighted by Gasteiger charge is 2.12. The summed E-state index contributed by atoms with van der Waals surface area (Å²) in [6.07, 6.45) is 5.16. The number of rotatable bonds is 3. The van der Waals surface area contributed by atoms with E-state index in [1.807, 2.05) is 6.92 Å². The van der Waals surface area contributed by atoms with Crippen molar-refractivity contribution in [3.63, 3.8) is 0 Å². The SMILES string of the molecule is C#CC(C)NC(=O)Cn1nc(C)c(N)c1C. The first-order valence-corrected chi connectivity index (χ1v) is 5.00. The number of carbonyl (C=O) groups is 1. The molecule has 0 radical (unpaired) electrons. The number of aromatic nitrogens is 2. The Kier molecular flexibility index (Phi) is 3.56. The van der Waals surface area contributed by atoms with Crippen molar-refractivity contribution in [2.24, 2.45) is 0 Å². The fraction of sp³-hybridized carbons (Fsp3) is 0.455. The minimum absolute atomic E-state index is 0.135. The fourth-order valence-electron chi connectivity index (χ4n) is 1.33. The van der Waals surface area contributed by atoms with Gasteiger partial charge in [0.15, 0.2) is 0 Å². The van der Waals surface area contributed by atoms with Gasteiger partial charge in [0.05, 0.1) is 23.1 Å². The van der Waals surface area contributed by atoms with Crippen LogP contribution in [0.1, 0.15) is 18.3 Å². The minimum atomic E-state index is -0.276. The molecule has 3 N–H and O–H groups in total. The molecule has 5 heteroatoms. The summed E-state index contributed by atoms with van der Waals surface area (Å²) in [5, 5.41) is 6.82. The average Bonchev–Trinajstić information content (AvgIpc) is 2.46. The van der Waals surface area contributed by atoms with Gasteiger partial charge in [-0.3, -0.25) is 9.48 Å². The van der Waals surface area contributed by atoms with E-state index in [1.54, 1.807) is 18.5 Å². The molecule has 0 aromatic carbocycles. The molecule has 1 heterocycles. The van der Waals surface area contributed by atoms with Crippen molar-refractivity contribution in [1.82, 2.24) is 15.1 Å². The smallest absolute Gasteiger partial charge is 0.242 e. The van der Waals surface area contributed by atoms with Crippen LogP contribution in [0.25, 0.3) is 0 Å². The van der Waals surface area contributed by atoms with Gasteiger partial charge < -0.3 is 11.1 Å². The lowest BCUT2D eigenvalue weighted by Crippen LogP contribution is -2.34. The quantitative estimate of drug-likeness (QED) is 0.716. The van der Waals surface area contributed by atoms with E-state index in [0.29, 0.717) is 5.69 Å². The summed E-state index contributed by atoms with van der Waals surface area (Å²) in [5.74, 6) is 2.26. The van der Waals surface area contributed by atoms with Gasteiger partial charge in [-0.05, 0) is 20.8 Å². The maximum absolute atomic E-state index is 11.5. The number of nitrogen functional groups attached to an aromatic ring is 1. The maximum Gasteiger partial charge on any atom is 0.242 e. The van der Waals surface area contributed by atoms with Crippen LogP contribution in [0, 0.1) is 26.2 Å². The maximum atomic E-state index is 11.5. The number of hydrogen-bond donors (Lipinski definition) is 2. The van der Waals surface area contributed by atoms with E-state index in [0.717, 1.165) is 11.4 Å². The largest absolute Gasteiger partial charge is 0.396 e. The third kappa shape index (κ3) is 2.54. The second-order valence-electron chi connectivity index (χ2n) is 3.70. The van der Waals surface area contributed by atoms with Gasteiger partial charge >= 0.3 is 0 Å². The highest BCUT2D eigenvalue weighted by atomic mass is 16.2. The van der Waals surface area contributed by atoms with Gasteiger partial charge in [-0.2, -0.15) is 5.10 Å². The Morgan fingerprint density at radius 3 is 2.75 bits per heavy atom. The third-order valence-electron chi connectivity index (χ3n) is 2.36. The van der Waals surface area contributed by atoms with Gasteiger partial charge in [0.2, 0.25) is 5.91 Å². The molecule has 1 amide bonds. The topological polar surface area (TPSA) is 72.9 Å². The second-order valence-corrected chi connectivity index (χ2v) is 3.70. The first kappa shape index (κ1) is 12.1. The summed E-state index contributed by atoms with van der Waals surface area (Å²) in [4.78, 5) is 11.5. The Morgan fingerprint density at radius 1 is 1.69 bits per heavy atom. The number of terminal acetylenes is 1. The summed E-state index contributed by atoms with van der Waals surface area (Å²) in [7, 11) is 0. The van der Waals surface area contributed by atoms with Crippen molar-refractivity contribution < 1.29 is 4.79 Å². The highest BCUT2D eigenvalue weighted by Crippen LogP contribution is 2.14. The molecule has 0 aliphatic rings. The summed E-state index contributed by atoms with van der Waals surface area (Å²) >= 11 is 0. The molecule has 0 aliphatic carbocycles. The van der Waals surface area contributed by atoms with Crippen LogP contribution in [0.4, 0.5) is 5.69 Å². The average molecular weight is 220 g/mol. The Morgan fingerprint density at radius 2 is 2.31 bits per heavy atom. The van der Waals surface area contributed by atoms with Gasteiger partial charge in [0.25, 0.3) is 0 Å². The van der Waals surface area contributed by atoms with Crippen molar-refractivity contribution in [3.05, 3.63) is 11.4 Å². The van der Waals surface area contributed by atoms with Crippen LogP contribution in [0.2, 0.25) is 0 Å². The summed E-state index contributed by atoms with van der Waals surface area (Å²) < 4.78 is 1.57. The first-order valence-electron chi connectivity index (χ1n) is 5.00. The molecule has 86 valence electrons. The summed E-state index contributed by atoms with van der Waals surface area (Å²) in [6, 6.07) is -0.276. The molecule has 5 nitrogen and oxygen atoms in total. The number of nitrogens with zero attached hydrogens (tertiary/aromatic N) is 2. The zero-order valence-electron chi connectivity index (χ0n) is 9.74. The Bertz CT molecular complexity index is 442. The van der Waals surface area contributed by atoms with Crippen LogP contribution in [0.5, 0.6) is 0 Å². The molecule has 0 bridgehead atoms. The lowest BCUT2D eigenvalue weighted by Gasteiger charge is -2.08. The van der Waals surface area contributed by atoms with E-state index in [2.05, 4.69) is 16.3 Å². The lowest BCUT2D eigenvalue weighted by atomic mass is 10.3. The lowest BCUT2D eigenvalue weighted by molar-refractivity contribution is -0.122. The molecule has 1 rings (SSSR count). The Labute approximate surface area is 95.0 Å². The van der Waals surface area contributed by atoms with Crippen LogP contribution < -0.4 is 11.1 Å². The van der Waals surface area contributed by atoms with Gasteiger partial charge in [-0.15, -0.1) is 6.42 Å². The van der Waals surface area contributed by atoms with E-state index in [-0.39, 0.29) is 18.5 Å². The number of nitrogens with one attached hydrogen (secondary N) is 1. The number of hydrogen-bond acceptors (Lipinski definition) is 3. The van der Waals surface area contributed by atoms with E-state index >= 15 is 0 Å². The van der Waals surface area contributed by atoms with Gasteiger partial charge in [-0.1, -0.05) is 5.92 Å². The Balaban J connectivity index is 2.71. The molecule has 1 aromatic heterocycles. The van der Waals surface area contributed by atoms with Crippen LogP contribution in [0.3, 0.4) is 0 Å². The number of amides is 1. The van der Waals surface area contributed by atoms with Crippen molar-refractivity contribution in [2.45, 2.75) is 33.4 Å². The van der Waals surface area contributed by atoms with Crippen molar-refractivity contribution in [1.29, 1.82) is 0 Å². The highest BCUT2D eigenvalue weighted by molar-refractivity contribution is 5.76. The van der Waals surface area contributed by atoms with Crippen molar-refractivity contribution in [3.8, 4) is 12.3 Å². The zero-order valence-corrected chi connectivity index (χ0v) is 9.74. The van der Waals surface area contributed by atoms with Gasteiger partial charge in [0, 0.05) is 0 Å². The number of aryl methyl sites for hydroxylation is 1. The van der Waals surface area contributed by atoms with E-state index in [9.17, 15) is 4.79 Å². The fourth-order valence-corrected chi connectivity index (χ4v) is 1.33. The normalized spacial score (nSPS) is 11.9. The molecule has 1 unspecified atom stereocenters. The molecule has 0 saturated carbocycles. The van der Waals surface area contributed by atoms with E-state index < -0.39 is 0 Å². The van der Waals surface area contributed by atoms with Crippen LogP contribution in [-0.2, 0) is 11.3 Å².